The van der Waals surface area contributed by atoms with Gasteiger partial charge in [-0.2, -0.15) is 5.10 Å². The Morgan fingerprint density at radius 1 is 1.20 bits per heavy atom. The van der Waals surface area contributed by atoms with Gasteiger partial charge in [-0.05, 0) is 23.6 Å². The van der Waals surface area contributed by atoms with Crippen LogP contribution < -0.4 is 5.32 Å². The number of carbonyl (C=O) groups excluding carboxylic acids is 1. The van der Waals surface area contributed by atoms with Crippen molar-refractivity contribution < 1.29 is 4.79 Å². The highest BCUT2D eigenvalue weighted by atomic mass is 16.2. The van der Waals surface area contributed by atoms with Gasteiger partial charge in [-0.1, -0.05) is 24.3 Å². The summed E-state index contributed by atoms with van der Waals surface area (Å²) in [5.74, 6) is 0. The van der Waals surface area contributed by atoms with Gasteiger partial charge < -0.3 is 10.2 Å². The van der Waals surface area contributed by atoms with E-state index in [4.69, 9.17) is 0 Å². The third-order valence-corrected chi connectivity index (χ3v) is 3.58. The van der Waals surface area contributed by atoms with Crippen molar-refractivity contribution in [3.63, 3.8) is 0 Å². The van der Waals surface area contributed by atoms with Crippen LogP contribution in [0, 0.1) is 0 Å². The number of benzene rings is 1. The van der Waals surface area contributed by atoms with Gasteiger partial charge in [-0.15, -0.1) is 0 Å². The molecule has 5 heteroatoms. The van der Waals surface area contributed by atoms with E-state index in [0.29, 0.717) is 6.54 Å². The minimum Gasteiger partial charge on any atom is -0.334 e. The monoisotopic (exact) mass is 270 g/mol. The normalized spacial score (nSPS) is 13.9. The molecule has 0 unspecified atom stereocenters. The van der Waals surface area contributed by atoms with Crippen LogP contribution in [0.3, 0.4) is 0 Å². The fourth-order valence-corrected chi connectivity index (χ4v) is 2.25. The molecule has 1 aromatic carbocycles. The highest BCUT2D eigenvalue weighted by Gasteiger charge is 2.19. The zero-order valence-electron chi connectivity index (χ0n) is 11.3. The fraction of sp³-hybridized carbons (Fsp3) is 0.333. The van der Waals surface area contributed by atoms with E-state index in [-0.39, 0.29) is 6.03 Å². The Balaban J connectivity index is 1.64. The van der Waals surface area contributed by atoms with Crippen molar-refractivity contribution in [3.05, 3.63) is 53.9 Å². The molecule has 2 heterocycles. The number of hydrogen-bond acceptors (Lipinski definition) is 2. The molecule has 0 saturated carbocycles. The summed E-state index contributed by atoms with van der Waals surface area (Å²) in [7, 11) is 0. The molecular formula is C15H18N4O. The molecular weight excluding hydrogens is 252 g/mol. The van der Waals surface area contributed by atoms with Crippen molar-refractivity contribution in [2.75, 3.05) is 13.1 Å². The Morgan fingerprint density at radius 2 is 2.00 bits per heavy atom. The molecule has 1 aliphatic rings. The van der Waals surface area contributed by atoms with E-state index >= 15 is 0 Å². The molecule has 1 aromatic heterocycles. The quantitative estimate of drug-likeness (QED) is 0.921. The lowest BCUT2D eigenvalue weighted by Crippen LogP contribution is -2.47. The van der Waals surface area contributed by atoms with E-state index in [0.717, 1.165) is 31.6 Å². The van der Waals surface area contributed by atoms with Crippen LogP contribution in [0.15, 0.2) is 42.7 Å². The van der Waals surface area contributed by atoms with Crippen molar-refractivity contribution in [2.24, 2.45) is 0 Å². The lowest BCUT2D eigenvalue weighted by molar-refractivity contribution is 0.167. The third-order valence-electron chi connectivity index (χ3n) is 3.58. The minimum absolute atomic E-state index is 0.0325. The summed E-state index contributed by atoms with van der Waals surface area (Å²) in [5, 5.41) is 7.20. The summed E-state index contributed by atoms with van der Waals surface area (Å²) in [6, 6.07) is 10.1. The van der Waals surface area contributed by atoms with Gasteiger partial charge in [0.25, 0.3) is 0 Å². The number of nitrogens with one attached hydrogen (secondary N) is 1. The molecule has 0 radical (unpaired) electrons. The first kappa shape index (κ1) is 12.7. The number of urea groups is 1. The average Bonchev–Trinajstić information content (AvgIpc) is 2.88. The van der Waals surface area contributed by atoms with Crippen LogP contribution in [0.2, 0.25) is 0 Å². The molecule has 1 saturated heterocycles. The number of rotatable bonds is 4. The number of hydrogen-bond donors (Lipinski definition) is 1. The third kappa shape index (κ3) is 2.82. The zero-order valence-corrected chi connectivity index (χ0v) is 11.3. The van der Waals surface area contributed by atoms with E-state index in [1.165, 1.54) is 5.56 Å². The number of carbonyl (C=O) groups is 1. The summed E-state index contributed by atoms with van der Waals surface area (Å²) in [5.41, 5.74) is 2.32. The lowest BCUT2D eigenvalue weighted by atomic mass is 10.1. The highest BCUT2D eigenvalue weighted by Crippen LogP contribution is 2.11. The molecule has 3 rings (SSSR count). The summed E-state index contributed by atoms with van der Waals surface area (Å²) < 4.78 is 1.89. The van der Waals surface area contributed by atoms with E-state index in [1.807, 2.05) is 34.0 Å². The number of likely N-dealkylation sites (tertiary alicyclic amines) is 1. The van der Waals surface area contributed by atoms with E-state index < -0.39 is 0 Å². The molecule has 0 atom stereocenters. The van der Waals surface area contributed by atoms with Crippen molar-refractivity contribution in [3.8, 4) is 0 Å². The van der Waals surface area contributed by atoms with Crippen molar-refractivity contribution in [1.82, 2.24) is 20.0 Å². The van der Waals surface area contributed by atoms with Crippen LogP contribution in [0.1, 0.15) is 17.5 Å². The second kappa shape index (κ2) is 5.77. The van der Waals surface area contributed by atoms with Gasteiger partial charge in [0.1, 0.15) is 0 Å². The van der Waals surface area contributed by atoms with Crippen molar-refractivity contribution >= 4 is 6.03 Å². The molecule has 0 bridgehead atoms. The Hall–Kier alpha value is -2.30. The van der Waals surface area contributed by atoms with Gasteiger partial charge in [0.15, 0.2) is 0 Å². The van der Waals surface area contributed by atoms with Gasteiger partial charge in [0.2, 0.25) is 0 Å². The van der Waals surface area contributed by atoms with Crippen LogP contribution in [0.25, 0.3) is 0 Å². The van der Waals surface area contributed by atoms with Crippen LogP contribution in [0.4, 0.5) is 4.79 Å². The van der Waals surface area contributed by atoms with E-state index in [2.05, 4.69) is 22.5 Å². The zero-order chi connectivity index (χ0) is 13.8. The molecule has 20 heavy (non-hydrogen) atoms. The predicted octanol–water partition coefficient (Wildman–Crippen LogP) is 1.85. The minimum atomic E-state index is 0.0325. The second-order valence-electron chi connectivity index (χ2n) is 4.97. The summed E-state index contributed by atoms with van der Waals surface area (Å²) in [6.45, 7) is 3.04. The van der Waals surface area contributed by atoms with Crippen LogP contribution in [-0.2, 0) is 13.1 Å². The average molecular weight is 270 g/mol. The molecule has 2 aromatic rings. The fourth-order valence-electron chi connectivity index (χ4n) is 2.25. The van der Waals surface area contributed by atoms with Gasteiger partial charge in [0.05, 0.1) is 6.54 Å². The van der Waals surface area contributed by atoms with E-state index in [9.17, 15) is 4.79 Å². The highest BCUT2D eigenvalue weighted by molar-refractivity contribution is 5.74. The van der Waals surface area contributed by atoms with Gasteiger partial charge in [-0.3, -0.25) is 4.68 Å². The molecule has 104 valence electrons. The topological polar surface area (TPSA) is 50.2 Å². The first-order valence-corrected chi connectivity index (χ1v) is 6.90. The summed E-state index contributed by atoms with van der Waals surface area (Å²) >= 11 is 0. The Bertz CT molecular complexity index is 575. The molecule has 1 aliphatic heterocycles. The van der Waals surface area contributed by atoms with Gasteiger partial charge >= 0.3 is 6.03 Å². The van der Waals surface area contributed by atoms with Crippen molar-refractivity contribution in [2.45, 2.75) is 19.5 Å². The molecule has 5 nitrogen and oxygen atoms in total. The molecule has 1 fully saturated rings. The van der Waals surface area contributed by atoms with Crippen molar-refractivity contribution in [1.29, 1.82) is 0 Å². The van der Waals surface area contributed by atoms with Gasteiger partial charge in [0, 0.05) is 32.0 Å². The maximum atomic E-state index is 11.8. The first-order chi connectivity index (χ1) is 9.83. The first-order valence-electron chi connectivity index (χ1n) is 6.90. The van der Waals surface area contributed by atoms with Crippen LogP contribution in [0.5, 0.6) is 0 Å². The molecule has 0 spiro atoms. The Kier molecular flexibility index (Phi) is 3.67. The summed E-state index contributed by atoms with van der Waals surface area (Å²) in [6.07, 6.45) is 4.83. The molecule has 0 aliphatic carbocycles. The molecule has 1 N–H and O–H groups in total. The lowest BCUT2D eigenvalue weighted by Gasteiger charge is -2.30. The molecule has 2 amide bonds. The van der Waals surface area contributed by atoms with E-state index in [1.54, 1.807) is 6.20 Å². The smallest absolute Gasteiger partial charge is 0.317 e. The Morgan fingerprint density at radius 3 is 2.65 bits per heavy atom. The standard InChI is InChI=1S/C15H18N4O/c20-15(18-8-4-9-18)16-11-13-5-1-2-6-14(13)12-19-10-3-7-17-19/h1-3,5-7,10H,4,8-9,11-12H2,(H,16,20). The largest absolute Gasteiger partial charge is 0.334 e. The number of nitrogens with zero attached hydrogens (tertiary/aromatic N) is 3. The van der Waals surface area contributed by atoms with Gasteiger partial charge in [-0.25, -0.2) is 4.79 Å². The predicted molar refractivity (Wildman–Crippen MR) is 76.2 cm³/mol. The summed E-state index contributed by atoms with van der Waals surface area (Å²) in [4.78, 5) is 13.7. The maximum absolute atomic E-state index is 11.8. The van der Waals surface area contributed by atoms with Crippen LogP contribution >= 0.6 is 0 Å². The Labute approximate surface area is 118 Å². The SMILES string of the molecule is O=C(NCc1ccccc1Cn1cccn1)N1CCC1. The number of amides is 2. The van der Waals surface area contributed by atoms with Crippen LogP contribution in [-0.4, -0.2) is 33.8 Å². The maximum Gasteiger partial charge on any atom is 0.317 e. The number of aromatic nitrogens is 2. The second-order valence-corrected chi connectivity index (χ2v) is 4.97.